The largest absolute Gasteiger partial charge is 1.00 e. The van der Waals surface area contributed by atoms with E-state index in [2.05, 4.69) is 6.92 Å². The third-order valence-corrected chi connectivity index (χ3v) is 4.54. The second-order valence-electron chi connectivity index (χ2n) is 5.64. The summed E-state index contributed by atoms with van der Waals surface area (Å²) < 4.78 is 36.5. The molecule has 0 aliphatic carbocycles. The van der Waals surface area contributed by atoms with Gasteiger partial charge in [0.15, 0.2) is 0 Å². The van der Waals surface area contributed by atoms with Crippen molar-refractivity contribution in [3.05, 3.63) is 48.0 Å². The molecule has 2 rings (SSSR count). The fourth-order valence-corrected chi connectivity index (χ4v) is 2.83. The van der Waals surface area contributed by atoms with Gasteiger partial charge in [-0.1, -0.05) is 44.1 Å². The Labute approximate surface area is 171 Å². The molecule has 0 aliphatic rings. The summed E-state index contributed by atoms with van der Waals surface area (Å²) in [6.07, 6.45) is 5.48. The van der Waals surface area contributed by atoms with E-state index in [1.807, 2.05) is 6.07 Å². The van der Waals surface area contributed by atoms with Crippen LogP contribution in [0.5, 0.6) is 17.2 Å². The first-order valence-corrected chi connectivity index (χ1v) is 9.39. The molecule has 0 bridgehead atoms. The van der Waals surface area contributed by atoms with Gasteiger partial charge in [-0.2, -0.15) is 8.42 Å². The van der Waals surface area contributed by atoms with E-state index >= 15 is 0 Å². The van der Waals surface area contributed by atoms with Gasteiger partial charge in [0.1, 0.15) is 11.5 Å². The van der Waals surface area contributed by atoms with Crippen LogP contribution in [0.1, 0.15) is 38.2 Å². The predicted octanol–water partition coefficient (Wildman–Crippen LogP) is 0.926. The summed E-state index contributed by atoms with van der Waals surface area (Å²) in [7, 11) is -4.24. The maximum Gasteiger partial charge on any atom is 1.00 e. The van der Waals surface area contributed by atoms with E-state index in [1.54, 1.807) is 6.07 Å². The van der Waals surface area contributed by atoms with Crippen molar-refractivity contribution in [2.75, 3.05) is 0 Å². The van der Waals surface area contributed by atoms with Gasteiger partial charge in [0, 0.05) is 0 Å². The van der Waals surface area contributed by atoms with Gasteiger partial charge in [0.2, 0.25) is 0 Å². The second-order valence-corrected chi connectivity index (χ2v) is 7.06. The predicted molar refractivity (Wildman–Crippen MR) is 90.1 cm³/mol. The zero-order valence-electron chi connectivity index (χ0n) is 14.6. The molecular weight excluding hydrogens is 351 g/mol. The Kier molecular flexibility index (Phi) is 8.96. The van der Waals surface area contributed by atoms with Gasteiger partial charge in [0.05, 0.1) is 4.90 Å². The molecule has 2 aromatic carbocycles. The Morgan fingerprint density at radius 1 is 1.04 bits per heavy atom. The number of aryl methyl sites for hydroxylation is 1. The molecule has 0 saturated heterocycles. The van der Waals surface area contributed by atoms with Crippen LogP contribution in [0.2, 0.25) is 0 Å². The monoisotopic (exact) mass is 372 g/mol. The van der Waals surface area contributed by atoms with Gasteiger partial charge in [-0.15, -0.1) is 0 Å². The minimum atomic E-state index is -4.24. The first-order valence-electron chi connectivity index (χ1n) is 7.95. The third kappa shape index (κ3) is 6.99. The van der Waals surface area contributed by atoms with Crippen LogP contribution in [0.25, 0.3) is 0 Å². The summed E-state index contributed by atoms with van der Waals surface area (Å²) in [6.45, 7) is 2.16. The van der Waals surface area contributed by atoms with Crippen LogP contribution in [0.3, 0.4) is 0 Å². The van der Waals surface area contributed by atoms with Crippen molar-refractivity contribution in [3.63, 3.8) is 0 Å². The van der Waals surface area contributed by atoms with Gasteiger partial charge in [-0.3, -0.25) is 4.55 Å². The van der Waals surface area contributed by atoms with E-state index in [-0.39, 0.29) is 46.0 Å². The topological polar surface area (TPSA) is 86.7 Å². The van der Waals surface area contributed by atoms with E-state index in [1.165, 1.54) is 43.2 Å². The molecule has 25 heavy (non-hydrogen) atoms. The van der Waals surface area contributed by atoms with Crippen molar-refractivity contribution >= 4 is 10.1 Å². The molecule has 7 heteroatoms. The quantitative estimate of drug-likeness (QED) is 0.423. The summed E-state index contributed by atoms with van der Waals surface area (Å²) in [6, 6.07) is 10.3. The standard InChI is InChI=1S/C18H22O5S.Na/c1-2-3-4-5-6-14-7-12-17(19)18(13-14)23-15-8-10-16(11-9-15)24(20,21)22;/h7-13,19H,2-6H2,1H3,(H,20,21,22);/q;+1/p-1. The van der Waals surface area contributed by atoms with Crippen LogP contribution in [0.4, 0.5) is 0 Å². The summed E-state index contributed by atoms with van der Waals surface area (Å²) in [5.74, 6) is 0.316. The van der Waals surface area contributed by atoms with Crippen LogP contribution >= 0.6 is 0 Å². The van der Waals surface area contributed by atoms with E-state index in [4.69, 9.17) is 9.29 Å². The van der Waals surface area contributed by atoms with Crippen LogP contribution in [0.15, 0.2) is 47.4 Å². The van der Waals surface area contributed by atoms with Crippen LogP contribution < -0.4 is 39.4 Å². The normalized spacial score (nSPS) is 11.0. The SMILES string of the molecule is CCCCCCc1ccc([O-])c(Oc2ccc(S(=O)(=O)O)cc2)c1.[Na+]. The first-order chi connectivity index (χ1) is 11.4. The van der Waals surface area contributed by atoms with Gasteiger partial charge < -0.3 is 9.84 Å². The van der Waals surface area contributed by atoms with Gasteiger partial charge >= 0.3 is 29.6 Å². The average molecular weight is 372 g/mol. The Morgan fingerprint density at radius 2 is 1.72 bits per heavy atom. The van der Waals surface area contributed by atoms with Gasteiger partial charge in [-0.25, -0.2) is 0 Å². The number of benzene rings is 2. The number of hydrogen-bond acceptors (Lipinski definition) is 4. The second kappa shape index (κ2) is 10.2. The van der Waals surface area contributed by atoms with E-state index in [0.29, 0.717) is 5.75 Å². The zero-order chi connectivity index (χ0) is 17.6. The van der Waals surface area contributed by atoms with Crippen molar-refractivity contribution in [1.82, 2.24) is 0 Å². The molecule has 0 fully saturated rings. The molecule has 0 saturated carbocycles. The fourth-order valence-electron chi connectivity index (χ4n) is 2.35. The molecule has 0 aromatic heterocycles. The fraction of sp³-hybridized carbons (Fsp3) is 0.333. The van der Waals surface area contributed by atoms with Crippen molar-refractivity contribution in [2.45, 2.75) is 43.9 Å². The van der Waals surface area contributed by atoms with Crippen LogP contribution in [0, 0.1) is 0 Å². The first kappa shape index (κ1) is 22.0. The van der Waals surface area contributed by atoms with Crippen molar-refractivity contribution < 1.29 is 52.4 Å². The maximum atomic E-state index is 11.9. The van der Waals surface area contributed by atoms with E-state index in [9.17, 15) is 13.5 Å². The summed E-state index contributed by atoms with van der Waals surface area (Å²) >= 11 is 0. The zero-order valence-corrected chi connectivity index (χ0v) is 17.4. The Hall–Kier alpha value is -1.05. The molecule has 0 radical (unpaired) electrons. The molecular formula is C18H21NaO5S. The van der Waals surface area contributed by atoms with Crippen LogP contribution in [-0.2, 0) is 16.5 Å². The summed E-state index contributed by atoms with van der Waals surface area (Å²) in [5, 5.41) is 11.9. The van der Waals surface area contributed by atoms with Crippen molar-refractivity contribution in [2.24, 2.45) is 0 Å². The molecule has 0 amide bonds. The molecule has 0 heterocycles. The molecule has 0 unspecified atom stereocenters. The molecule has 0 atom stereocenters. The maximum absolute atomic E-state index is 11.9. The van der Waals surface area contributed by atoms with Crippen LogP contribution in [-0.4, -0.2) is 13.0 Å². The van der Waals surface area contributed by atoms with Crippen molar-refractivity contribution in [3.8, 4) is 17.2 Å². The molecule has 1 N–H and O–H groups in total. The third-order valence-electron chi connectivity index (χ3n) is 3.68. The number of rotatable bonds is 8. The van der Waals surface area contributed by atoms with Gasteiger partial charge in [-0.05, 0) is 48.7 Å². The molecule has 0 spiro atoms. The summed E-state index contributed by atoms with van der Waals surface area (Å²) in [4.78, 5) is -0.220. The van der Waals surface area contributed by atoms with Crippen molar-refractivity contribution in [1.29, 1.82) is 0 Å². The molecule has 5 nitrogen and oxygen atoms in total. The Morgan fingerprint density at radius 3 is 2.32 bits per heavy atom. The number of ether oxygens (including phenoxy) is 1. The molecule has 130 valence electrons. The number of hydrogen-bond donors (Lipinski definition) is 1. The smallest absolute Gasteiger partial charge is 0.870 e. The summed E-state index contributed by atoms with van der Waals surface area (Å²) in [5.41, 5.74) is 1.04. The number of unbranched alkanes of at least 4 members (excludes halogenated alkanes) is 3. The molecule has 2 aromatic rings. The Bertz CT molecular complexity index is 773. The van der Waals surface area contributed by atoms with E-state index < -0.39 is 10.1 Å². The molecule has 0 aliphatic heterocycles. The van der Waals surface area contributed by atoms with Gasteiger partial charge in [0.25, 0.3) is 10.1 Å². The Balaban J connectivity index is 0.00000312. The van der Waals surface area contributed by atoms with E-state index in [0.717, 1.165) is 24.8 Å². The minimum absolute atomic E-state index is 0. The average Bonchev–Trinajstić information content (AvgIpc) is 2.54. The minimum Gasteiger partial charge on any atom is -0.870 e.